The third kappa shape index (κ3) is 4.37. The van der Waals surface area contributed by atoms with Gasteiger partial charge in [-0.3, -0.25) is 9.59 Å². The first kappa shape index (κ1) is 18.5. The van der Waals surface area contributed by atoms with Crippen molar-refractivity contribution in [2.24, 2.45) is 11.8 Å². The molecular formula is C20H30N2O2. The summed E-state index contributed by atoms with van der Waals surface area (Å²) < 4.78 is 0. The Labute approximate surface area is 145 Å². The van der Waals surface area contributed by atoms with Crippen molar-refractivity contribution in [3.63, 3.8) is 0 Å². The number of hydrogen-bond acceptors (Lipinski definition) is 2. The Kier molecular flexibility index (Phi) is 6.03. The predicted molar refractivity (Wildman–Crippen MR) is 98.1 cm³/mol. The Hall–Kier alpha value is -1.84. The molecule has 1 aliphatic heterocycles. The molecule has 2 unspecified atom stereocenters. The maximum atomic E-state index is 12.5. The monoisotopic (exact) mass is 330 g/mol. The van der Waals surface area contributed by atoms with Crippen LogP contribution in [0.3, 0.4) is 0 Å². The molecule has 1 aromatic rings. The van der Waals surface area contributed by atoms with Crippen LogP contribution in [0, 0.1) is 25.7 Å². The smallest absolute Gasteiger partial charge is 0.227 e. The quantitative estimate of drug-likeness (QED) is 0.866. The largest absolute Gasteiger partial charge is 0.353 e. The molecule has 0 bridgehead atoms. The van der Waals surface area contributed by atoms with Crippen LogP contribution < -0.4 is 10.2 Å². The first-order chi connectivity index (χ1) is 11.3. The summed E-state index contributed by atoms with van der Waals surface area (Å²) in [7, 11) is 0. The predicted octanol–water partition coefficient (Wildman–Crippen LogP) is 3.60. The molecule has 24 heavy (non-hydrogen) atoms. The van der Waals surface area contributed by atoms with Crippen LogP contribution in [0.15, 0.2) is 18.2 Å². The average molecular weight is 330 g/mol. The highest BCUT2D eigenvalue weighted by atomic mass is 16.2. The second-order valence-corrected chi connectivity index (χ2v) is 7.51. The van der Waals surface area contributed by atoms with E-state index in [1.54, 1.807) is 4.90 Å². The summed E-state index contributed by atoms with van der Waals surface area (Å²) in [4.78, 5) is 26.7. The Morgan fingerprint density at radius 2 is 1.96 bits per heavy atom. The van der Waals surface area contributed by atoms with Crippen LogP contribution in [-0.4, -0.2) is 24.4 Å². The molecule has 1 fully saturated rings. The van der Waals surface area contributed by atoms with Gasteiger partial charge in [-0.2, -0.15) is 0 Å². The first-order valence-electron chi connectivity index (χ1n) is 8.96. The van der Waals surface area contributed by atoms with E-state index in [1.807, 2.05) is 39.0 Å². The lowest BCUT2D eigenvalue weighted by Crippen LogP contribution is -2.38. The van der Waals surface area contributed by atoms with E-state index < -0.39 is 0 Å². The summed E-state index contributed by atoms with van der Waals surface area (Å²) in [5.41, 5.74) is 3.20. The van der Waals surface area contributed by atoms with E-state index in [9.17, 15) is 9.59 Å². The van der Waals surface area contributed by atoms with Crippen LogP contribution >= 0.6 is 0 Å². The van der Waals surface area contributed by atoms with Gasteiger partial charge < -0.3 is 10.2 Å². The highest BCUT2D eigenvalue weighted by molar-refractivity contribution is 6.00. The third-order valence-corrected chi connectivity index (χ3v) is 4.93. The van der Waals surface area contributed by atoms with Gasteiger partial charge in [0.15, 0.2) is 0 Å². The summed E-state index contributed by atoms with van der Waals surface area (Å²) in [6.45, 7) is 11.0. The number of nitrogens with zero attached hydrogens (tertiary/aromatic N) is 1. The number of hydrogen-bond donors (Lipinski definition) is 1. The van der Waals surface area contributed by atoms with Crippen molar-refractivity contribution in [2.45, 2.75) is 59.9 Å². The fourth-order valence-corrected chi connectivity index (χ4v) is 3.16. The lowest BCUT2D eigenvalue weighted by Gasteiger charge is -2.21. The minimum atomic E-state index is -0.251. The summed E-state index contributed by atoms with van der Waals surface area (Å²) in [6.07, 6.45) is 2.38. The summed E-state index contributed by atoms with van der Waals surface area (Å²) in [5, 5.41) is 3.08. The molecule has 1 aromatic carbocycles. The molecule has 0 radical (unpaired) electrons. The zero-order chi connectivity index (χ0) is 17.9. The summed E-state index contributed by atoms with van der Waals surface area (Å²) in [6, 6.07) is 6.13. The molecule has 2 amide bonds. The van der Waals surface area contributed by atoms with Gasteiger partial charge in [0.2, 0.25) is 11.8 Å². The Morgan fingerprint density at radius 1 is 1.25 bits per heavy atom. The minimum absolute atomic E-state index is 0.00686. The van der Waals surface area contributed by atoms with Gasteiger partial charge in [-0.05, 0) is 56.7 Å². The van der Waals surface area contributed by atoms with Crippen molar-refractivity contribution in [3.05, 3.63) is 29.3 Å². The van der Waals surface area contributed by atoms with Crippen molar-refractivity contribution < 1.29 is 9.59 Å². The molecule has 1 aliphatic rings. The fourth-order valence-electron chi connectivity index (χ4n) is 3.16. The molecule has 0 aliphatic carbocycles. The van der Waals surface area contributed by atoms with Crippen LogP contribution in [-0.2, 0) is 9.59 Å². The molecule has 4 heteroatoms. The summed E-state index contributed by atoms with van der Waals surface area (Å²) >= 11 is 0. The molecule has 1 N–H and O–H groups in total. The number of rotatable bonds is 6. The number of carbonyl (C=O) groups is 2. The van der Waals surface area contributed by atoms with Crippen LogP contribution in [0.5, 0.6) is 0 Å². The molecule has 0 saturated carbocycles. The van der Waals surface area contributed by atoms with Gasteiger partial charge in [0, 0.05) is 24.7 Å². The van der Waals surface area contributed by atoms with Crippen LogP contribution in [0.2, 0.25) is 0 Å². The van der Waals surface area contributed by atoms with E-state index in [-0.39, 0.29) is 23.8 Å². The highest BCUT2D eigenvalue weighted by Crippen LogP contribution is 2.29. The van der Waals surface area contributed by atoms with Gasteiger partial charge in [-0.25, -0.2) is 0 Å². The number of carbonyl (C=O) groups excluding carboxylic acids is 2. The van der Waals surface area contributed by atoms with Crippen LogP contribution in [0.4, 0.5) is 5.69 Å². The standard InChI is InChI=1S/C20H30N2O2/c1-13(2)9-10-15(4)21-20(24)17-11-19(23)22(12-17)18-8-6-7-14(3)16(18)5/h6-8,13,15,17H,9-12H2,1-5H3,(H,21,24). The molecule has 1 heterocycles. The van der Waals surface area contributed by atoms with Crippen LogP contribution in [0.1, 0.15) is 51.2 Å². The second-order valence-electron chi connectivity index (χ2n) is 7.51. The van der Waals surface area contributed by atoms with E-state index in [0.717, 1.165) is 29.7 Å². The number of anilines is 1. The minimum Gasteiger partial charge on any atom is -0.353 e. The van der Waals surface area contributed by atoms with Crippen molar-refractivity contribution in [3.8, 4) is 0 Å². The van der Waals surface area contributed by atoms with Crippen molar-refractivity contribution in [1.82, 2.24) is 5.32 Å². The SMILES string of the molecule is Cc1cccc(N2CC(C(=O)NC(C)CCC(C)C)CC2=O)c1C. The number of aryl methyl sites for hydroxylation is 1. The van der Waals surface area contributed by atoms with Gasteiger partial charge in [-0.1, -0.05) is 26.0 Å². The molecule has 2 atom stereocenters. The topological polar surface area (TPSA) is 49.4 Å². The normalized spacial score (nSPS) is 19.0. The number of amides is 2. The molecule has 0 spiro atoms. The Balaban J connectivity index is 1.99. The van der Waals surface area contributed by atoms with E-state index in [4.69, 9.17) is 0 Å². The van der Waals surface area contributed by atoms with Gasteiger partial charge in [0.05, 0.1) is 5.92 Å². The maximum absolute atomic E-state index is 12.5. The van der Waals surface area contributed by atoms with Gasteiger partial charge in [0.1, 0.15) is 0 Å². The zero-order valence-corrected chi connectivity index (χ0v) is 15.6. The molecule has 2 rings (SSSR count). The fraction of sp³-hybridized carbons (Fsp3) is 0.600. The average Bonchev–Trinajstić information content (AvgIpc) is 2.90. The zero-order valence-electron chi connectivity index (χ0n) is 15.6. The molecule has 1 saturated heterocycles. The van der Waals surface area contributed by atoms with E-state index in [1.165, 1.54) is 0 Å². The van der Waals surface area contributed by atoms with E-state index in [2.05, 4.69) is 19.2 Å². The maximum Gasteiger partial charge on any atom is 0.227 e. The van der Waals surface area contributed by atoms with Crippen molar-refractivity contribution >= 4 is 17.5 Å². The molecule has 0 aromatic heterocycles. The number of nitrogens with one attached hydrogen (secondary N) is 1. The van der Waals surface area contributed by atoms with E-state index >= 15 is 0 Å². The second kappa shape index (κ2) is 7.82. The van der Waals surface area contributed by atoms with Crippen molar-refractivity contribution in [1.29, 1.82) is 0 Å². The van der Waals surface area contributed by atoms with Gasteiger partial charge >= 0.3 is 0 Å². The molecular weight excluding hydrogens is 300 g/mol. The van der Waals surface area contributed by atoms with E-state index in [0.29, 0.717) is 18.9 Å². The lowest BCUT2D eigenvalue weighted by atomic mass is 10.0. The number of benzene rings is 1. The van der Waals surface area contributed by atoms with Gasteiger partial charge in [-0.15, -0.1) is 0 Å². The third-order valence-electron chi connectivity index (χ3n) is 4.93. The van der Waals surface area contributed by atoms with Crippen molar-refractivity contribution in [2.75, 3.05) is 11.4 Å². The van der Waals surface area contributed by atoms with Crippen LogP contribution in [0.25, 0.3) is 0 Å². The first-order valence-corrected chi connectivity index (χ1v) is 8.96. The Morgan fingerprint density at radius 3 is 2.62 bits per heavy atom. The molecule has 132 valence electrons. The Bertz CT molecular complexity index is 610. The summed E-state index contributed by atoms with van der Waals surface area (Å²) in [5.74, 6) is 0.433. The lowest BCUT2D eigenvalue weighted by molar-refractivity contribution is -0.126. The molecule has 4 nitrogen and oxygen atoms in total. The highest BCUT2D eigenvalue weighted by Gasteiger charge is 2.36. The van der Waals surface area contributed by atoms with Gasteiger partial charge in [0.25, 0.3) is 0 Å².